The van der Waals surface area contributed by atoms with Gasteiger partial charge in [-0.1, -0.05) is 60.7 Å². The molecule has 11 heteroatoms. The van der Waals surface area contributed by atoms with Crippen molar-refractivity contribution in [2.45, 2.75) is 45.4 Å². The van der Waals surface area contributed by atoms with Gasteiger partial charge in [0.15, 0.2) is 0 Å². The first-order chi connectivity index (χ1) is 22.2. The van der Waals surface area contributed by atoms with Gasteiger partial charge in [-0.3, -0.25) is 14.4 Å². The Kier molecular flexibility index (Phi) is 12.0. The number of nitrogens with one attached hydrogen (secondary N) is 1. The van der Waals surface area contributed by atoms with Crippen molar-refractivity contribution in [2.24, 2.45) is 0 Å². The Hall–Kier alpha value is -5.45. The number of alkyl halides is 2. The Morgan fingerprint density at radius 1 is 0.739 bits per heavy atom. The van der Waals surface area contributed by atoms with Crippen molar-refractivity contribution in [1.82, 2.24) is 5.32 Å². The first kappa shape index (κ1) is 33.4. The normalized spacial score (nSPS) is 10.8. The van der Waals surface area contributed by atoms with Crippen LogP contribution < -0.4 is 19.5 Å². The van der Waals surface area contributed by atoms with Crippen molar-refractivity contribution >= 4 is 17.8 Å². The molecule has 0 aliphatic rings. The van der Waals surface area contributed by atoms with Gasteiger partial charge in [0.1, 0.15) is 23.9 Å². The van der Waals surface area contributed by atoms with Crippen LogP contribution in [0.3, 0.4) is 0 Å². The van der Waals surface area contributed by atoms with E-state index in [-0.39, 0.29) is 56.8 Å². The molecule has 9 nitrogen and oxygen atoms in total. The van der Waals surface area contributed by atoms with E-state index >= 15 is 0 Å². The zero-order valence-corrected chi connectivity index (χ0v) is 24.8. The first-order valence-corrected chi connectivity index (χ1v) is 14.5. The third-order valence-corrected chi connectivity index (χ3v) is 6.91. The highest BCUT2D eigenvalue weighted by atomic mass is 19.3. The minimum absolute atomic E-state index is 0.0267. The Bertz CT molecular complexity index is 1650. The molecular weight excluding hydrogens is 600 g/mol. The zero-order chi connectivity index (χ0) is 32.9. The number of rotatable bonds is 17. The summed E-state index contributed by atoms with van der Waals surface area (Å²) in [5.74, 6) is -1.61. The monoisotopic (exact) mass is 633 g/mol. The number of carbonyl (C=O) groups is 3. The largest absolute Gasteiger partial charge is 0.493 e. The molecule has 0 bridgehead atoms. The van der Waals surface area contributed by atoms with Gasteiger partial charge in [0, 0.05) is 36.1 Å². The molecule has 0 unspecified atom stereocenters. The van der Waals surface area contributed by atoms with Crippen LogP contribution in [0.4, 0.5) is 8.78 Å². The van der Waals surface area contributed by atoms with E-state index in [9.17, 15) is 28.3 Å². The molecule has 4 rings (SSSR count). The second-order valence-corrected chi connectivity index (χ2v) is 10.2. The number of carbonyl (C=O) groups excluding carboxylic acids is 1. The minimum atomic E-state index is -3.01. The van der Waals surface area contributed by atoms with E-state index in [4.69, 9.17) is 14.6 Å². The van der Waals surface area contributed by atoms with E-state index in [1.54, 1.807) is 54.6 Å². The number of halogens is 2. The van der Waals surface area contributed by atoms with Gasteiger partial charge in [0.05, 0.1) is 6.61 Å². The molecule has 0 aliphatic heterocycles. The summed E-state index contributed by atoms with van der Waals surface area (Å²) in [5.41, 5.74) is 3.48. The van der Waals surface area contributed by atoms with Crippen LogP contribution in [0.15, 0.2) is 91.0 Å². The fourth-order valence-electron chi connectivity index (χ4n) is 4.71. The van der Waals surface area contributed by atoms with Crippen LogP contribution in [0, 0.1) is 0 Å². The van der Waals surface area contributed by atoms with Crippen LogP contribution in [0.2, 0.25) is 0 Å². The third kappa shape index (κ3) is 10.0. The number of benzene rings is 4. The predicted octanol–water partition coefficient (Wildman–Crippen LogP) is 6.72. The highest BCUT2D eigenvalue weighted by Crippen LogP contribution is 2.30. The molecule has 4 aromatic rings. The van der Waals surface area contributed by atoms with E-state index in [0.717, 1.165) is 5.56 Å². The molecule has 46 heavy (non-hydrogen) atoms. The summed E-state index contributed by atoms with van der Waals surface area (Å²) in [6, 6.07) is 25.8. The molecule has 0 saturated heterocycles. The fraction of sp³-hybridized carbons (Fsp3) is 0.229. The molecular formula is C35H33F2NO8. The van der Waals surface area contributed by atoms with Crippen molar-refractivity contribution in [3.63, 3.8) is 0 Å². The summed E-state index contributed by atoms with van der Waals surface area (Å²) in [6.07, 6.45) is 0.243. The highest BCUT2D eigenvalue weighted by Gasteiger charge is 2.16. The Balaban J connectivity index is 1.57. The van der Waals surface area contributed by atoms with Crippen LogP contribution in [0.1, 0.15) is 46.3 Å². The number of hydrogen-bond acceptors (Lipinski definition) is 6. The second kappa shape index (κ2) is 16.6. The van der Waals surface area contributed by atoms with Gasteiger partial charge in [-0.15, -0.1) is 0 Å². The molecule has 0 aromatic heterocycles. The molecule has 0 radical (unpaired) electrons. The Morgan fingerprint density at radius 2 is 1.43 bits per heavy atom. The SMILES string of the molecule is O=C(O)CCCOc1cccc(COc2cc(C(=O)NCc3ccccc3OC(F)F)cc(-c3ccccc3)c2)c1CCC(=O)O. The maximum Gasteiger partial charge on any atom is 0.387 e. The van der Waals surface area contributed by atoms with E-state index in [0.29, 0.717) is 33.8 Å². The van der Waals surface area contributed by atoms with Crippen molar-refractivity contribution in [3.05, 3.63) is 113 Å². The van der Waals surface area contributed by atoms with Gasteiger partial charge >= 0.3 is 18.6 Å². The van der Waals surface area contributed by atoms with E-state index < -0.39 is 24.5 Å². The third-order valence-electron chi connectivity index (χ3n) is 6.91. The summed E-state index contributed by atoms with van der Waals surface area (Å²) in [5, 5.41) is 21.0. The first-order valence-electron chi connectivity index (χ1n) is 14.5. The van der Waals surface area contributed by atoms with Crippen molar-refractivity contribution in [3.8, 4) is 28.4 Å². The predicted molar refractivity (Wildman–Crippen MR) is 165 cm³/mol. The highest BCUT2D eigenvalue weighted by molar-refractivity contribution is 5.96. The average Bonchev–Trinajstić information content (AvgIpc) is 3.04. The van der Waals surface area contributed by atoms with Crippen LogP contribution in [0.5, 0.6) is 17.2 Å². The Labute approximate surface area is 264 Å². The van der Waals surface area contributed by atoms with Crippen molar-refractivity contribution in [2.75, 3.05) is 6.61 Å². The van der Waals surface area contributed by atoms with Crippen LogP contribution in [-0.4, -0.2) is 41.3 Å². The minimum Gasteiger partial charge on any atom is -0.493 e. The molecule has 0 fully saturated rings. The van der Waals surface area contributed by atoms with Gasteiger partial charge < -0.3 is 29.7 Å². The second-order valence-electron chi connectivity index (χ2n) is 10.2. The van der Waals surface area contributed by atoms with Gasteiger partial charge in [-0.2, -0.15) is 8.78 Å². The number of carboxylic acid groups (broad SMARTS) is 2. The average molecular weight is 634 g/mol. The smallest absolute Gasteiger partial charge is 0.387 e. The number of ether oxygens (including phenoxy) is 3. The Morgan fingerprint density at radius 3 is 2.17 bits per heavy atom. The molecule has 240 valence electrons. The molecule has 0 aliphatic carbocycles. The summed E-state index contributed by atoms with van der Waals surface area (Å²) in [7, 11) is 0. The standard InChI is InChI=1S/C35H33F2NO8/c36-35(37)46-30-12-5-4-10-24(30)21-38-34(43)27-18-26(23-8-2-1-3-9-23)19-28(20-27)45-22-25-11-6-13-31(29(25)15-16-33(41)42)44-17-7-14-32(39)40/h1-6,8-13,18-20,35H,7,14-17,21-22H2,(H,38,43)(H,39,40)(H,41,42). The molecule has 0 atom stereocenters. The molecule has 4 aromatic carbocycles. The maximum absolute atomic E-state index is 13.3. The molecule has 0 spiro atoms. The van der Waals surface area contributed by atoms with Gasteiger partial charge in [0.2, 0.25) is 0 Å². The van der Waals surface area contributed by atoms with E-state index in [1.807, 2.05) is 30.3 Å². The maximum atomic E-state index is 13.3. The number of amides is 1. The summed E-state index contributed by atoms with van der Waals surface area (Å²) in [4.78, 5) is 35.6. The lowest BCUT2D eigenvalue weighted by molar-refractivity contribution is -0.138. The van der Waals surface area contributed by atoms with E-state index in [2.05, 4.69) is 10.1 Å². The van der Waals surface area contributed by atoms with Crippen molar-refractivity contribution < 1.29 is 47.6 Å². The van der Waals surface area contributed by atoms with Gasteiger partial charge in [0.25, 0.3) is 5.91 Å². The molecule has 3 N–H and O–H groups in total. The number of carboxylic acids is 2. The fourth-order valence-corrected chi connectivity index (χ4v) is 4.71. The number of aliphatic carboxylic acids is 2. The topological polar surface area (TPSA) is 131 Å². The number of hydrogen-bond donors (Lipinski definition) is 3. The lowest BCUT2D eigenvalue weighted by atomic mass is 10.0. The summed E-state index contributed by atoms with van der Waals surface area (Å²) in [6.45, 7) is -2.89. The quantitative estimate of drug-likeness (QED) is 0.109. The number of para-hydroxylation sites is 1. The van der Waals surface area contributed by atoms with E-state index in [1.165, 1.54) is 6.07 Å². The molecule has 1 amide bonds. The molecule has 0 heterocycles. The van der Waals surface area contributed by atoms with Crippen LogP contribution in [-0.2, 0) is 29.2 Å². The molecule has 0 saturated carbocycles. The lowest BCUT2D eigenvalue weighted by Gasteiger charge is -2.17. The zero-order valence-electron chi connectivity index (χ0n) is 24.8. The summed E-state index contributed by atoms with van der Waals surface area (Å²) >= 11 is 0. The van der Waals surface area contributed by atoms with Crippen molar-refractivity contribution in [1.29, 1.82) is 0 Å². The van der Waals surface area contributed by atoms with Gasteiger partial charge in [-0.05, 0) is 59.9 Å². The summed E-state index contributed by atoms with van der Waals surface area (Å²) < 4.78 is 42.3. The van der Waals surface area contributed by atoms with Gasteiger partial charge in [-0.25, -0.2) is 0 Å². The lowest BCUT2D eigenvalue weighted by Crippen LogP contribution is -2.23. The van der Waals surface area contributed by atoms with Crippen LogP contribution >= 0.6 is 0 Å². The van der Waals surface area contributed by atoms with Crippen LogP contribution in [0.25, 0.3) is 11.1 Å².